The minimum Gasteiger partial charge on any atom is -0.322 e. The van der Waals surface area contributed by atoms with Crippen LogP contribution in [0.5, 0.6) is 0 Å². The Morgan fingerprint density at radius 2 is 1.89 bits per heavy atom. The molecule has 144 valence electrons. The van der Waals surface area contributed by atoms with Gasteiger partial charge in [0, 0.05) is 15.4 Å². The minimum absolute atomic E-state index is 0.555. The largest absolute Gasteiger partial charge is 0.322 e. The molecule has 0 saturated carbocycles. The van der Waals surface area contributed by atoms with E-state index in [4.69, 9.17) is 0 Å². The molecular formula is C23H21F2NOS. The van der Waals surface area contributed by atoms with Crippen molar-refractivity contribution in [2.24, 2.45) is 0 Å². The zero-order valence-corrected chi connectivity index (χ0v) is 16.7. The highest BCUT2D eigenvalue weighted by Crippen LogP contribution is 2.42. The number of halogens is 2. The zero-order chi connectivity index (χ0) is 19.8. The van der Waals surface area contributed by atoms with Crippen LogP contribution in [0.4, 0.5) is 14.5 Å². The van der Waals surface area contributed by atoms with Crippen molar-refractivity contribution in [1.29, 1.82) is 0 Å². The van der Waals surface area contributed by atoms with Gasteiger partial charge in [-0.05, 0) is 79.1 Å². The van der Waals surface area contributed by atoms with Gasteiger partial charge < -0.3 is 5.32 Å². The summed E-state index contributed by atoms with van der Waals surface area (Å²) in [5, 5.41) is 2.68. The molecule has 1 aliphatic carbocycles. The van der Waals surface area contributed by atoms with E-state index in [9.17, 15) is 13.6 Å². The van der Waals surface area contributed by atoms with Gasteiger partial charge in [-0.15, -0.1) is 11.3 Å². The first-order valence-corrected chi connectivity index (χ1v) is 10.3. The average molecular weight is 397 g/mol. The molecule has 1 N–H and O–H groups in total. The standard InChI is InChI=1S/C23H21F2NOS/c1-3-14-12-15(21-13(2)28-20-9-4-6-16(20)21)10-11-19(14)26-23(27)22-17(24)7-5-8-18(22)25/h5,7-8,10-12H,3-4,6,9H2,1-2H3,(H,26,27). The number of nitrogens with one attached hydrogen (secondary N) is 1. The highest BCUT2D eigenvalue weighted by atomic mass is 32.1. The molecule has 2 nitrogen and oxygen atoms in total. The van der Waals surface area contributed by atoms with Crippen LogP contribution in [-0.2, 0) is 19.3 Å². The maximum absolute atomic E-state index is 13.9. The Morgan fingerprint density at radius 1 is 1.14 bits per heavy atom. The first kappa shape index (κ1) is 18.8. The Balaban J connectivity index is 1.68. The molecule has 0 spiro atoms. The number of hydrogen-bond acceptors (Lipinski definition) is 2. The predicted octanol–water partition coefficient (Wildman–Crippen LogP) is 6.31. The molecule has 0 unspecified atom stereocenters. The Morgan fingerprint density at radius 3 is 2.61 bits per heavy atom. The summed E-state index contributed by atoms with van der Waals surface area (Å²) in [7, 11) is 0. The topological polar surface area (TPSA) is 29.1 Å². The van der Waals surface area contributed by atoms with Crippen LogP contribution in [0.2, 0.25) is 0 Å². The lowest BCUT2D eigenvalue weighted by atomic mass is 9.97. The van der Waals surface area contributed by atoms with E-state index in [2.05, 4.69) is 18.3 Å². The molecule has 4 rings (SSSR count). The third-order valence-corrected chi connectivity index (χ3v) is 6.52. The molecule has 2 aromatic carbocycles. The lowest BCUT2D eigenvalue weighted by Gasteiger charge is -2.14. The Hall–Kier alpha value is -2.53. The van der Waals surface area contributed by atoms with Gasteiger partial charge in [0.25, 0.3) is 5.91 Å². The molecule has 0 saturated heterocycles. The number of hydrogen-bond donors (Lipinski definition) is 1. The second-order valence-electron chi connectivity index (χ2n) is 7.06. The van der Waals surface area contributed by atoms with Crippen molar-refractivity contribution in [3.8, 4) is 11.1 Å². The van der Waals surface area contributed by atoms with E-state index in [1.807, 2.05) is 30.4 Å². The van der Waals surface area contributed by atoms with Crippen LogP contribution in [0.3, 0.4) is 0 Å². The molecule has 0 atom stereocenters. The van der Waals surface area contributed by atoms with Crippen molar-refractivity contribution in [3.05, 3.63) is 74.5 Å². The smallest absolute Gasteiger partial charge is 0.261 e. The van der Waals surface area contributed by atoms with Crippen molar-refractivity contribution in [2.75, 3.05) is 5.32 Å². The molecular weight excluding hydrogens is 376 g/mol. The summed E-state index contributed by atoms with van der Waals surface area (Å²) in [6, 6.07) is 9.32. The van der Waals surface area contributed by atoms with Gasteiger partial charge in [0.05, 0.1) is 0 Å². The normalized spacial score (nSPS) is 12.9. The highest BCUT2D eigenvalue weighted by Gasteiger charge is 2.22. The van der Waals surface area contributed by atoms with Gasteiger partial charge in [-0.2, -0.15) is 0 Å². The van der Waals surface area contributed by atoms with E-state index in [-0.39, 0.29) is 0 Å². The van der Waals surface area contributed by atoms with E-state index >= 15 is 0 Å². The van der Waals surface area contributed by atoms with Crippen molar-refractivity contribution in [3.63, 3.8) is 0 Å². The molecule has 0 bridgehead atoms. The number of fused-ring (bicyclic) bond motifs is 1. The fourth-order valence-corrected chi connectivity index (χ4v) is 5.27. The van der Waals surface area contributed by atoms with Gasteiger partial charge in [0.1, 0.15) is 17.2 Å². The summed E-state index contributed by atoms with van der Waals surface area (Å²) in [6.45, 7) is 4.16. The first-order valence-electron chi connectivity index (χ1n) is 9.49. The van der Waals surface area contributed by atoms with Crippen LogP contribution in [0.1, 0.15) is 44.6 Å². The van der Waals surface area contributed by atoms with Gasteiger partial charge in [0.15, 0.2) is 0 Å². The molecule has 1 aliphatic rings. The lowest BCUT2D eigenvalue weighted by Crippen LogP contribution is -2.16. The summed E-state index contributed by atoms with van der Waals surface area (Å²) in [4.78, 5) is 15.3. The van der Waals surface area contributed by atoms with Gasteiger partial charge in [-0.1, -0.05) is 19.1 Å². The van der Waals surface area contributed by atoms with E-state index in [0.717, 1.165) is 36.1 Å². The fraction of sp³-hybridized carbons (Fsp3) is 0.261. The van der Waals surface area contributed by atoms with Gasteiger partial charge >= 0.3 is 0 Å². The summed E-state index contributed by atoms with van der Waals surface area (Å²) >= 11 is 1.87. The third kappa shape index (κ3) is 3.24. The number of carbonyl (C=O) groups is 1. The van der Waals surface area contributed by atoms with Crippen molar-refractivity contribution < 1.29 is 13.6 Å². The summed E-state index contributed by atoms with van der Waals surface area (Å²) in [5.41, 5.74) is 4.88. The number of rotatable bonds is 4. The van der Waals surface area contributed by atoms with Gasteiger partial charge in [-0.3, -0.25) is 4.79 Å². The van der Waals surface area contributed by atoms with Gasteiger partial charge in [0.2, 0.25) is 0 Å². The fourth-order valence-electron chi connectivity index (χ4n) is 3.98. The Bertz CT molecular complexity index is 1050. The second kappa shape index (κ2) is 7.47. The van der Waals surface area contributed by atoms with Crippen LogP contribution in [0.15, 0.2) is 36.4 Å². The summed E-state index contributed by atoms with van der Waals surface area (Å²) < 4.78 is 27.8. The lowest BCUT2D eigenvalue weighted by molar-refractivity contribution is 0.101. The second-order valence-corrected chi connectivity index (χ2v) is 8.37. The maximum atomic E-state index is 13.9. The predicted molar refractivity (Wildman–Crippen MR) is 110 cm³/mol. The number of carbonyl (C=O) groups excluding carboxylic acids is 1. The van der Waals surface area contributed by atoms with E-state index in [1.165, 1.54) is 33.4 Å². The van der Waals surface area contributed by atoms with Crippen molar-refractivity contribution >= 4 is 22.9 Å². The minimum atomic E-state index is -0.864. The first-order chi connectivity index (χ1) is 13.5. The average Bonchev–Trinajstić information content (AvgIpc) is 3.22. The van der Waals surface area contributed by atoms with Crippen LogP contribution in [0, 0.1) is 18.6 Å². The molecule has 5 heteroatoms. The number of thiophene rings is 1. The quantitative estimate of drug-likeness (QED) is 0.549. The SMILES string of the molecule is CCc1cc(-c2c(C)sc3c2CCC3)ccc1NC(=O)c1c(F)cccc1F. The molecule has 28 heavy (non-hydrogen) atoms. The molecule has 0 aliphatic heterocycles. The monoisotopic (exact) mass is 397 g/mol. The molecule has 3 aromatic rings. The number of amides is 1. The van der Waals surface area contributed by atoms with Crippen LogP contribution >= 0.6 is 11.3 Å². The Kier molecular flexibility index (Phi) is 5.02. The van der Waals surface area contributed by atoms with Crippen LogP contribution in [-0.4, -0.2) is 5.91 Å². The molecule has 1 aromatic heterocycles. The van der Waals surface area contributed by atoms with E-state index in [0.29, 0.717) is 12.1 Å². The summed E-state index contributed by atoms with van der Waals surface area (Å²) in [5.74, 6) is -2.50. The van der Waals surface area contributed by atoms with Crippen molar-refractivity contribution in [1.82, 2.24) is 0 Å². The number of anilines is 1. The zero-order valence-electron chi connectivity index (χ0n) is 15.9. The molecule has 1 heterocycles. The van der Waals surface area contributed by atoms with E-state index in [1.54, 1.807) is 0 Å². The molecule has 0 radical (unpaired) electrons. The van der Waals surface area contributed by atoms with Crippen LogP contribution < -0.4 is 5.32 Å². The maximum Gasteiger partial charge on any atom is 0.261 e. The van der Waals surface area contributed by atoms with Gasteiger partial charge in [-0.25, -0.2) is 8.78 Å². The van der Waals surface area contributed by atoms with Crippen molar-refractivity contribution in [2.45, 2.75) is 39.5 Å². The molecule has 1 amide bonds. The number of benzene rings is 2. The third-order valence-electron chi connectivity index (χ3n) is 5.31. The molecule has 0 fully saturated rings. The number of aryl methyl sites for hydroxylation is 3. The van der Waals surface area contributed by atoms with E-state index < -0.39 is 23.1 Å². The highest BCUT2D eigenvalue weighted by molar-refractivity contribution is 7.12. The van der Waals surface area contributed by atoms with Crippen LogP contribution in [0.25, 0.3) is 11.1 Å². The summed E-state index contributed by atoms with van der Waals surface area (Å²) in [6.07, 6.45) is 4.18. The Labute approximate surface area is 167 Å².